The van der Waals surface area contributed by atoms with Gasteiger partial charge in [-0.05, 0) is 34.1 Å². The second kappa shape index (κ2) is 3.59. The van der Waals surface area contributed by atoms with Gasteiger partial charge >= 0.3 is 0 Å². The Hall–Kier alpha value is -1.07. The van der Waals surface area contributed by atoms with Crippen LogP contribution in [-0.4, -0.2) is 15.0 Å². The van der Waals surface area contributed by atoms with Gasteiger partial charge in [-0.15, -0.1) is 5.10 Å². The summed E-state index contributed by atoms with van der Waals surface area (Å²) in [6.07, 6.45) is 1.62. The van der Waals surface area contributed by atoms with Gasteiger partial charge in [-0.3, -0.25) is 0 Å². The molecule has 1 aromatic carbocycles. The van der Waals surface area contributed by atoms with Crippen LogP contribution in [0.1, 0.15) is 0 Å². The minimum atomic E-state index is 0.372. The Kier molecular flexibility index (Phi) is 2.43. The summed E-state index contributed by atoms with van der Waals surface area (Å²) in [6.45, 7) is 0. The number of benzene rings is 1. The summed E-state index contributed by atoms with van der Waals surface area (Å²) in [6, 6.07) is 5.41. The molecule has 0 atom stereocenters. The van der Waals surface area contributed by atoms with Crippen LogP contribution in [0.4, 0.5) is 5.82 Å². The van der Waals surface area contributed by atoms with Crippen molar-refractivity contribution < 1.29 is 0 Å². The van der Waals surface area contributed by atoms with Gasteiger partial charge in [-0.2, -0.15) is 0 Å². The standard InChI is InChI=1S/C8H6BrClN4/c9-6-2-1-5(10)3-7(6)14-4-8(11)12-13-14/h1-4H,11H2. The maximum Gasteiger partial charge on any atom is 0.166 e. The zero-order chi connectivity index (χ0) is 10.1. The summed E-state index contributed by atoms with van der Waals surface area (Å²) in [5.74, 6) is 0.372. The Labute approximate surface area is 93.8 Å². The molecule has 1 aromatic heterocycles. The largest absolute Gasteiger partial charge is 0.381 e. The van der Waals surface area contributed by atoms with Crippen LogP contribution in [0.5, 0.6) is 0 Å². The molecule has 0 aliphatic heterocycles. The van der Waals surface area contributed by atoms with Crippen molar-refractivity contribution in [1.29, 1.82) is 0 Å². The molecule has 72 valence electrons. The van der Waals surface area contributed by atoms with Crippen molar-refractivity contribution >= 4 is 33.3 Å². The second-order valence-electron chi connectivity index (χ2n) is 2.68. The molecule has 0 amide bonds. The van der Waals surface area contributed by atoms with E-state index in [-0.39, 0.29) is 0 Å². The molecule has 2 rings (SSSR count). The lowest BCUT2D eigenvalue weighted by atomic mass is 10.3. The first-order valence-electron chi connectivity index (χ1n) is 3.80. The first-order chi connectivity index (χ1) is 6.66. The maximum atomic E-state index is 5.86. The smallest absolute Gasteiger partial charge is 0.166 e. The highest BCUT2D eigenvalue weighted by atomic mass is 79.9. The number of anilines is 1. The van der Waals surface area contributed by atoms with E-state index in [1.165, 1.54) is 0 Å². The summed E-state index contributed by atoms with van der Waals surface area (Å²) in [5, 5.41) is 8.17. The van der Waals surface area contributed by atoms with E-state index in [1.807, 2.05) is 6.07 Å². The first kappa shape index (κ1) is 9.48. The third-order valence-electron chi connectivity index (χ3n) is 1.67. The molecule has 2 N–H and O–H groups in total. The molecular formula is C8H6BrClN4. The van der Waals surface area contributed by atoms with E-state index < -0.39 is 0 Å². The molecule has 1 heterocycles. The molecule has 6 heteroatoms. The fourth-order valence-electron chi connectivity index (χ4n) is 1.06. The van der Waals surface area contributed by atoms with Crippen molar-refractivity contribution in [1.82, 2.24) is 15.0 Å². The lowest BCUT2D eigenvalue weighted by Crippen LogP contribution is -1.95. The van der Waals surface area contributed by atoms with Crippen molar-refractivity contribution in [3.8, 4) is 5.69 Å². The van der Waals surface area contributed by atoms with E-state index in [4.69, 9.17) is 17.3 Å². The highest BCUT2D eigenvalue weighted by Crippen LogP contribution is 2.24. The van der Waals surface area contributed by atoms with Crippen LogP contribution >= 0.6 is 27.5 Å². The van der Waals surface area contributed by atoms with E-state index in [9.17, 15) is 0 Å². The van der Waals surface area contributed by atoms with Gasteiger partial charge in [0.2, 0.25) is 0 Å². The third-order valence-corrected chi connectivity index (χ3v) is 2.57. The van der Waals surface area contributed by atoms with Crippen molar-refractivity contribution in [2.24, 2.45) is 0 Å². The van der Waals surface area contributed by atoms with Crippen molar-refractivity contribution in [2.45, 2.75) is 0 Å². The molecule has 0 saturated carbocycles. The van der Waals surface area contributed by atoms with Crippen molar-refractivity contribution in [3.05, 3.63) is 33.9 Å². The molecule has 2 aromatic rings. The Morgan fingerprint density at radius 1 is 1.43 bits per heavy atom. The van der Waals surface area contributed by atoms with Gasteiger partial charge in [0.15, 0.2) is 5.82 Å². The van der Waals surface area contributed by atoms with Gasteiger partial charge < -0.3 is 5.73 Å². The number of nitrogen functional groups attached to an aromatic ring is 1. The van der Waals surface area contributed by atoms with Crippen LogP contribution in [0.2, 0.25) is 5.02 Å². The Balaban J connectivity index is 2.55. The number of rotatable bonds is 1. The fourth-order valence-corrected chi connectivity index (χ4v) is 1.65. The topological polar surface area (TPSA) is 56.7 Å². The van der Waals surface area contributed by atoms with Crippen LogP contribution < -0.4 is 5.73 Å². The third kappa shape index (κ3) is 1.73. The summed E-state index contributed by atoms with van der Waals surface area (Å²) in [5.41, 5.74) is 6.27. The number of nitrogens with zero attached hydrogens (tertiary/aromatic N) is 3. The second-order valence-corrected chi connectivity index (χ2v) is 3.97. The predicted octanol–water partition coefficient (Wildman–Crippen LogP) is 2.27. The molecule has 4 nitrogen and oxygen atoms in total. The van der Waals surface area contributed by atoms with E-state index >= 15 is 0 Å². The predicted molar refractivity (Wildman–Crippen MR) is 58.5 cm³/mol. The molecular weight excluding hydrogens is 267 g/mol. The molecule has 0 spiro atoms. The molecule has 14 heavy (non-hydrogen) atoms. The molecule has 0 aliphatic rings. The first-order valence-corrected chi connectivity index (χ1v) is 4.97. The van der Waals surface area contributed by atoms with Gasteiger partial charge in [-0.25, -0.2) is 4.68 Å². The molecule has 0 fully saturated rings. The number of nitrogens with two attached hydrogens (primary N) is 1. The summed E-state index contributed by atoms with van der Waals surface area (Å²) < 4.78 is 2.44. The van der Waals surface area contributed by atoms with Gasteiger partial charge in [0.1, 0.15) is 0 Å². The number of hydrogen-bond donors (Lipinski definition) is 1. The average molecular weight is 274 g/mol. The normalized spacial score (nSPS) is 10.4. The van der Waals surface area contributed by atoms with Crippen LogP contribution in [0.25, 0.3) is 5.69 Å². The van der Waals surface area contributed by atoms with Gasteiger partial charge in [0, 0.05) is 9.50 Å². The molecule has 0 aliphatic carbocycles. The van der Waals surface area contributed by atoms with Crippen LogP contribution in [0.15, 0.2) is 28.9 Å². The SMILES string of the molecule is Nc1cn(-c2cc(Cl)ccc2Br)nn1. The highest BCUT2D eigenvalue weighted by Gasteiger charge is 2.05. The lowest BCUT2D eigenvalue weighted by Gasteiger charge is -2.02. The number of halogens is 2. The summed E-state index contributed by atoms with van der Waals surface area (Å²) in [7, 11) is 0. The molecule has 0 unspecified atom stereocenters. The lowest BCUT2D eigenvalue weighted by molar-refractivity contribution is 0.801. The quantitative estimate of drug-likeness (QED) is 0.867. The molecule has 0 saturated heterocycles. The number of aromatic nitrogens is 3. The van der Waals surface area contributed by atoms with Crippen molar-refractivity contribution in [2.75, 3.05) is 5.73 Å². The molecule has 0 bridgehead atoms. The van der Waals surface area contributed by atoms with E-state index in [0.717, 1.165) is 10.2 Å². The van der Waals surface area contributed by atoms with Crippen LogP contribution in [0, 0.1) is 0 Å². The summed E-state index contributed by atoms with van der Waals surface area (Å²) >= 11 is 9.25. The maximum absolute atomic E-state index is 5.86. The number of hydrogen-bond acceptors (Lipinski definition) is 3. The zero-order valence-electron chi connectivity index (χ0n) is 6.98. The Morgan fingerprint density at radius 3 is 2.86 bits per heavy atom. The minimum Gasteiger partial charge on any atom is -0.381 e. The molecule has 0 radical (unpaired) electrons. The van der Waals surface area contributed by atoms with Gasteiger partial charge in [-0.1, -0.05) is 16.8 Å². The van der Waals surface area contributed by atoms with Gasteiger partial charge in [0.05, 0.1) is 11.9 Å². The highest BCUT2D eigenvalue weighted by molar-refractivity contribution is 9.10. The average Bonchev–Trinajstić information content (AvgIpc) is 2.56. The Morgan fingerprint density at radius 2 is 2.21 bits per heavy atom. The fraction of sp³-hybridized carbons (Fsp3) is 0. The minimum absolute atomic E-state index is 0.372. The zero-order valence-corrected chi connectivity index (χ0v) is 9.33. The summed E-state index contributed by atoms with van der Waals surface area (Å²) in [4.78, 5) is 0. The van der Waals surface area contributed by atoms with Crippen LogP contribution in [-0.2, 0) is 0 Å². The van der Waals surface area contributed by atoms with E-state index in [2.05, 4.69) is 26.2 Å². The van der Waals surface area contributed by atoms with E-state index in [0.29, 0.717) is 10.8 Å². The Bertz CT molecular complexity index is 468. The van der Waals surface area contributed by atoms with E-state index in [1.54, 1.807) is 23.0 Å². The van der Waals surface area contributed by atoms with Gasteiger partial charge in [0.25, 0.3) is 0 Å². The van der Waals surface area contributed by atoms with Crippen LogP contribution in [0.3, 0.4) is 0 Å². The van der Waals surface area contributed by atoms with Crippen molar-refractivity contribution in [3.63, 3.8) is 0 Å². The monoisotopic (exact) mass is 272 g/mol.